The van der Waals surface area contributed by atoms with Gasteiger partial charge in [-0.2, -0.15) is 13.2 Å². The number of carbonyl (C=O) groups is 3. The van der Waals surface area contributed by atoms with Crippen LogP contribution in [0.25, 0.3) is 0 Å². The smallest absolute Gasteiger partial charge is 0.375 e. The van der Waals surface area contributed by atoms with Crippen LogP contribution in [-0.2, 0) is 15.7 Å². The molecule has 1 fully saturated rings. The third-order valence-corrected chi connectivity index (χ3v) is 6.19. The fourth-order valence-electron chi connectivity index (χ4n) is 4.20. The quantitative estimate of drug-likeness (QED) is 0.530. The second-order valence-corrected chi connectivity index (χ2v) is 8.67. The Morgan fingerprint density at radius 3 is 2.21 bits per heavy atom. The molecule has 3 rings (SSSR count). The first-order valence-corrected chi connectivity index (χ1v) is 12.3. The van der Waals surface area contributed by atoms with Gasteiger partial charge in [-0.1, -0.05) is 6.07 Å². The van der Waals surface area contributed by atoms with Gasteiger partial charge in [0.2, 0.25) is 5.91 Å². The highest BCUT2D eigenvalue weighted by Gasteiger charge is 2.31. The van der Waals surface area contributed by atoms with E-state index in [0.29, 0.717) is 56.2 Å². The number of hydrogen-bond donors (Lipinski definition) is 2. The van der Waals surface area contributed by atoms with Gasteiger partial charge in [-0.25, -0.2) is 4.79 Å². The van der Waals surface area contributed by atoms with Crippen molar-refractivity contribution in [2.24, 2.45) is 0 Å². The van der Waals surface area contributed by atoms with Crippen molar-refractivity contribution in [2.75, 3.05) is 68.5 Å². The number of amides is 4. The van der Waals surface area contributed by atoms with E-state index in [1.807, 2.05) is 18.7 Å². The van der Waals surface area contributed by atoms with Gasteiger partial charge in [0.25, 0.3) is 5.91 Å². The molecular formula is C26H32F3N5O4. The summed E-state index contributed by atoms with van der Waals surface area (Å²) in [6.07, 6.45) is -4.51. The molecule has 0 unspecified atom stereocenters. The van der Waals surface area contributed by atoms with Gasteiger partial charge in [-0.15, -0.1) is 0 Å². The highest BCUT2D eigenvalue weighted by atomic mass is 19.4. The van der Waals surface area contributed by atoms with Crippen LogP contribution in [0.1, 0.15) is 29.8 Å². The van der Waals surface area contributed by atoms with Crippen LogP contribution in [0.4, 0.5) is 35.0 Å². The van der Waals surface area contributed by atoms with Gasteiger partial charge in [0.05, 0.1) is 11.1 Å². The molecule has 0 aromatic heterocycles. The molecule has 0 aliphatic carbocycles. The molecule has 0 spiro atoms. The maximum Gasteiger partial charge on any atom is 0.416 e. The number of piperazine rings is 1. The number of methoxy groups -OCH3 is 1. The molecule has 0 radical (unpaired) electrons. The Labute approximate surface area is 219 Å². The summed E-state index contributed by atoms with van der Waals surface area (Å²) in [6.45, 7) is 6.09. The van der Waals surface area contributed by atoms with E-state index < -0.39 is 17.8 Å². The Morgan fingerprint density at radius 2 is 1.61 bits per heavy atom. The molecule has 2 N–H and O–H groups in total. The summed E-state index contributed by atoms with van der Waals surface area (Å²) >= 11 is 0. The SMILES string of the molecule is CCN(CC)C(=O)c1cc(NC(=O)COC)ccc1N1CCN(C(=O)Nc2cccc(C(F)(F)F)c2)CC1. The zero-order valence-corrected chi connectivity index (χ0v) is 21.6. The lowest BCUT2D eigenvalue weighted by Gasteiger charge is -2.37. The van der Waals surface area contributed by atoms with E-state index in [4.69, 9.17) is 4.74 Å². The van der Waals surface area contributed by atoms with Gasteiger partial charge in [0, 0.05) is 63.4 Å². The van der Waals surface area contributed by atoms with Crippen molar-refractivity contribution in [3.05, 3.63) is 53.6 Å². The van der Waals surface area contributed by atoms with E-state index in [1.165, 1.54) is 24.1 Å². The molecule has 1 saturated heterocycles. The van der Waals surface area contributed by atoms with E-state index in [-0.39, 0.29) is 24.1 Å². The van der Waals surface area contributed by atoms with Crippen LogP contribution in [0.15, 0.2) is 42.5 Å². The second-order valence-electron chi connectivity index (χ2n) is 8.67. The normalized spacial score (nSPS) is 13.7. The van der Waals surface area contributed by atoms with E-state index in [2.05, 4.69) is 10.6 Å². The average Bonchev–Trinajstić information content (AvgIpc) is 2.89. The van der Waals surface area contributed by atoms with Crippen LogP contribution in [-0.4, -0.2) is 80.6 Å². The molecule has 1 aliphatic rings. The predicted molar refractivity (Wildman–Crippen MR) is 138 cm³/mol. The number of rotatable bonds is 8. The Hall–Kier alpha value is -3.80. The monoisotopic (exact) mass is 535 g/mol. The standard InChI is InChI=1S/C26H32F3N5O4/c1-4-32(5-2)24(36)21-16-20(30-23(35)17-38-3)9-10-22(21)33-11-13-34(14-12-33)25(37)31-19-8-6-7-18(15-19)26(27,28)29/h6-10,15-16H,4-5,11-14,17H2,1-3H3,(H,30,35)(H,31,37). The first-order valence-electron chi connectivity index (χ1n) is 12.3. The molecular weight excluding hydrogens is 503 g/mol. The zero-order chi connectivity index (χ0) is 27.9. The van der Waals surface area contributed by atoms with Crippen LogP contribution in [0, 0.1) is 0 Å². The summed E-state index contributed by atoms with van der Waals surface area (Å²) in [6, 6.07) is 9.09. The number of anilines is 3. The Morgan fingerprint density at radius 1 is 0.947 bits per heavy atom. The molecule has 0 bridgehead atoms. The van der Waals surface area contributed by atoms with Crippen molar-refractivity contribution in [2.45, 2.75) is 20.0 Å². The second kappa shape index (κ2) is 12.6. The van der Waals surface area contributed by atoms with Gasteiger partial charge in [-0.3, -0.25) is 9.59 Å². The topological polar surface area (TPSA) is 94.2 Å². The number of hydrogen-bond acceptors (Lipinski definition) is 5. The lowest BCUT2D eigenvalue weighted by atomic mass is 10.1. The average molecular weight is 536 g/mol. The van der Waals surface area contributed by atoms with E-state index >= 15 is 0 Å². The van der Waals surface area contributed by atoms with Gasteiger partial charge in [0.15, 0.2) is 0 Å². The molecule has 38 heavy (non-hydrogen) atoms. The minimum atomic E-state index is -4.51. The van der Waals surface area contributed by atoms with Crippen molar-refractivity contribution in [3.8, 4) is 0 Å². The molecule has 1 aliphatic heterocycles. The maximum absolute atomic E-state index is 13.3. The van der Waals surface area contributed by atoms with Crippen molar-refractivity contribution in [3.63, 3.8) is 0 Å². The molecule has 0 atom stereocenters. The Balaban J connectivity index is 1.73. The first kappa shape index (κ1) is 28.8. The van der Waals surface area contributed by atoms with E-state index in [0.717, 1.165) is 12.1 Å². The van der Waals surface area contributed by atoms with Gasteiger partial charge in [0.1, 0.15) is 6.61 Å². The first-order chi connectivity index (χ1) is 18.1. The number of nitrogens with one attached hydrogen (secondary N) is 2. The number of ether oxygens (including phenoxy) is 1. The lowest BCUT2D eigenvalue weighted by molar-refractivity contribution is -0.137. The van der Waals surface area contributed by atoms with E-state index in [9.17, 15) is 27.6 Å². The van der Waals surface area contributed by atoms with Crippen LogP contribution in [0.2, 0.25) is 0 Å². The van der Waals surface area contributed by atoms with E-state index in [1.54, 1.807) is 23.1 Å². The fraction of sp³-hybridized carbons (Fsp3) is 0.423. The predicted octanol–water partition coefficient (Wildman–Crippen LogP) is 4.13. The highest BCUT2D eigenvalue weighted by Crippen LogP contribution is 2.31. The van der Waals surface area contributed by atoms with Crippen molar-refractivity contribution in [1.82, 2.24) is 9.80 Å². The maximum atomic E-state index is 13.3. The molecule has 1 heterocycles. The van der Waals surface area contributed by atoms with Crippen LogP contribution in [0.5, 0.6) is 0 Å². The molecule has 4 amide bonds. The molecule has 9 nitrogen and oxygen atoms in total. The summed E-state index contributed by atoms with van der Waals surface area (Å²) in [5, 5.41) is 5.25. The van der Waals surface area contributed by atoms with Gasteiger partial charge < -0.3 is 30.1 Å². The van der Waals surface area contributed by atoms with Crippen molar-refractivity contribution < 1.29 is 32.3 Å². The zero-order valence-electron chi connectivity index (χ0n) is 21.6. The molecule has 12 heteroatoms. The minimum absolute atomic E-state index is 0.0606. The number of benzene rings is 2. The third kappa shape index (κ3) is 7.15. The molecule has 2 aromatic carbocycles. The summed E-state index contributed by atoms with van der Waals surface area (Å²) in [4.78, 5) is 43.2. The summed E-state index contributed by atoms with van der Waals surface area (Å²) in [7, 11) is 1.41. The third-order valence-electron chi connectivity index (χ3n) is 6.19. The van der Waals surface area contributed by atoms with Gasteiger partial charge in [-0.05, 0) is 50.2 Å². The summed E-state index contributed by atoms with van der Waals surface area (Å²) in [5.74, 6) is -0.528. The van der Waals surface area contributed by atoms with Crippen LogP contribution in [0.3, 0.4) is 0 Å². The van der Waals surface area contributed by atoms with Crippen molar-refractivity contribution >= 4 is 34.9 Å². The minimum Gasteiger partial charge on any atom is -0.375 e. The Kier molecular flexibility index (Phi) is 9.56. The molecule has 2 aromatic rings. The number of nitrogens with zero attached hydrogens (tertiary/aromatic N) is 3. The lowest BCUT2D eigenvalue weighted by Crippen LogP contribution is -2.50. The largest absolute Gasteiger partial charge is 0.416 e. The number of halogens is 3. The van der Waals surface area contributed by atoms with Crippen molar-refractivity contribution in [1.29, 1.82) is 0 Å². The van der Waals surface area contributed by atoms with Gasteiger partial charge >= 0.3 is 12.2 Å². The highest BCUT2D eigenvalue weighted by molar-refractivity contribution is 6.02. The molecule has 0 saturated carbocycles. The number of urea groups is 1. The number of alkyl halides is 3. The summed E-state index contributed by atoms with van der Waals surface area (Å²) < 4.78 is 43.8. The number of carbonyl (C=O) groups excluding carboxylic acids is 3. The summed E-state index contributed by atoms with van der Waals surface area (Å²) in [5.41, 5.74) is 0.776. The Bertz CT molecular complexity index is 1150. The van der Waals surface area contributed by atoms with Crippen LogP contribution >= 0.6 is 0 Å². The molecule has 206 valence electrons. The fourth-order valence-corrected chi connectivity index (χ4v) is 4.20. The van der Waals surface area contributed by atoms with Crippen LogP contribution < -0.4 is 15.5 Å².